The van der Waals surface area contributed by atoms with E-state index >= 15 is 0 Å². The van der Waals surface area contributed by atoms with Crippen molar-refractivity contribution in [3.63, 3.8) is 0 Å². The highest BCUT2D eigenvalue weighted by atomic mass is 31.0. The third-order valence-electron chi connectivity index (χ3n) is 0.949. The lowest BCUT2D eigenvalue weighted by Crippen LogP contribution is -1.88. The summed E-state index contributed by atoms with van der Waals surface area (Å²) in [5, 5.41) is 4.03. The molecule has 0 aromatic carbocycles. The summed E-state index contributed by atoms with van der Waals surface area (Å²) in [5.74, 6) is 0. The normalized spacial score (nSPS) is 9.75. The molecule has 0 radical (unpaired) electrons. The molecule has 0 aliphatic rings. The van der Waals surface area contributed by atoms with E-state index in [4.69, 9.17) is 0 Å². The molecule has 44 valence electrons. The third kappa shape index (κ3) is 1.07. The SMILES string of the molecule is Cc1cnn(CP)c1. The third-order valence-corrected chi connectivity index (χ3v) is 1.32. The zero-order valence-corrected chi connectivity index (χ0v) is 5.99. The van der Waals surface area contributed by atoms with E-state index in [0.29, 0.717) is 0 Å². The predicted molar refractivity (Wildman–Crippen MR) is 36.7 cm³/mol. The maximum atomic E-state index is 4.03. The summed E-state index contributed by atoms with van der Waals surface area (Å²) in [6.45, 7) is 2.03. The van der Waals surface area contributed by atoms with Gasteiger partial charge in [0.1, 0.15) is 0 Å². The van der Waals surface area contributed by atoms with Gasteiger partial charge >= 0.3 is 0 Å². The fourth-order valence-electron chi connectivity index (χ4n) is 0.567. The van der Waals surface area contributed by atoms with E-state index in [1.54, 1.807) is 0 Å². The standard InChI is InChI=1S/C5H9N2P/c1-5-2-6-7(3-5)4-8/h2-3H,4,8H2,1H3. The zero-order chi connectivity index (χ0) is 5.98. The van der Waals surface area contributed by atoms with Crippen molar-refractivity contribution in [1.29, 1.82) is 0 Å². The monoisotopic (exact) mass is 128 g/mol. The average Bonchev–Trinajstić information content (AvgIpc) is 2.14. The highest BCUT2D eigenvalue weighted by molar-refractivity contribution is 7.15. The molecule has 1 unspecified atom stereocenters. The van der Waals surface area contributed by atoms with Crippen LogP contribution in [0.4, 0.5) is 0 Å². The lowest BCUT2D eigenvalue weighted by Gasteiger charge is -1.88. The van der Waals surface area contributed by atoms with Crippen molar-refractivity contribution in [3.05, 3.63) is 18.0 Å². The van der Waals surface area contributed by atoms with Gasteiger partial charge in [0.25, 0.3) is 0 Å². The van der Waals surface area contributed by atoms with Gasteiger partial charge in [0.05, 0.1) is 12.5 Å². The smallest absolute Gasteiger partial charge is 0.0547 e. The molecular weight excluding hydrogens is 119 g/mol. The fourth-order valence-corrected chi connectivity index (χ4v) is 0.766. The average molecular weight is 128 g/mol. The van der Waals surface area contributed by atoms with Crippen LogP contribution in [-0.2, 0) is 6.29 Å². The van der Waals surface area contributed by atoms with Crippen LogP contribution in [0.3, 0.4) is 0 Å². The molecule has 8 heavy (non-hydrogen) atoms. The van der Waals surface area contributed by atoms with E-state index in [9.17, 15) is 0 Å². The molecule has 0 bridgehead atoms. The molecule has 1 atom stereocenters. The molecule has 0 aliphatic heterocycles. The fraction of sp³-hybridized carbons (Fsp3) is 0.400. The first-order valence-corrected chi connectivity index (χ1v) is 3.33. The summed E-state index contributed by atoms with van der Waals surface area (Å²) in [5.41, 5.74) is 1.22. The van der Waals surface area contributed by atoms with Crippen LogP contribution in [0.5, 0.6) is 0 Å². The van der Waals surface area contributed by atoms with Gasteiger partial charge in [-0.05, 0) is 12.5 Å². The maximum Gasteiger partial charge on any atom is 0.0547 e. The minimum atomic E-state index is 0.883. The Bertz CT molecular complexity index is 171. The molecule has 0 aliphatic carbocycles. The van der Waals surface area contributed by atoms with Crippen LogP contribution in [0.15, 0.2) is 12.4 Å². The van der Waals surface area contributed by atoms with E-state index in [1.807, 2.05) is 24.0 Å². The van der Waals surface area contributed by atoms with Crippen LogP contribution in [0.1, 0.15) is 5.56 Å². The van der Waals surface area contributed by atoms with Gasteiger partial charge in [-0.3, -0.25) is 4.68 Å². The van der Waals surface area contributed by atoms with Gasteiger partial charge in [0, 0.05) is 6.20 Å². The van der Waals surface area contributed by atoms with Gasteiger partial charge in [-0.15, -0.1) is 9.24 Å². The van der Waals surface area contributed by atoms with E-state index < -0.39 is 0 Å². The Morgan fingerprint density at radius 2 is 2.62 bits per heavy atom. The first-order valence-electron chi connectivity index (χ1n) is 2.52. The number of aryl methyl sites for hydroxylation is 1. The number of rotatable bonds is 1. The molecule has 0 spiro atoms. The van der Waals surface area contributed by atoms with Crippen molar-refractivity contribution in [3.8, 4) is 0 Å². The van der Waals surface area contributed by atoms with Crippen molar-refractivity contribution in [2.24, 2.45) is 0 Å². The highest BCUT2D eigenvalue weighted by Crippen LogP contribution is 1.95. The molecule has 0 amide bonds. The quantitative estimate of drug-likeness (QED) is 0.516. The number of hydrogen-bond acceptors (Lipinski definition) is 1. The molecule has 0 N–H and O–H groups in total. The van der Waals surface area contributed by atoms with Crippen molar-refractivity contribution in [2.45, 2.75) is 13.2 Å². The number of nitrogens with zero attached hydrogens (tertiary/aromatic N) is 2. The number of hydrogen-bond donors (Lipinski definition) is 0. The second-order valence-corrected chi connectivity index (χ2v) is 2.10. The first-order chi connectivity index (χ1) is 3.83. The predicted octanol–water partition coefficient (Wildman–Crippen LogP) is 1.02. The summed E-state index contributed by atoms with van der Waals surface area (Å²) >= 11 is 0. The topological polar surface area (TPSA) is 17.8 Å². The van der Waals surface area contributed by atoms with Gasteiger partial charge < -0.3 is 0 Å². The van der Waals surface area contributed by atoms with E-state index in [0.717, 1.165) is 6.29 Å². The molecule has 1 aromatic rings. The lowest BCUT2D eigenvalue weighted by molar-refractivity contribution is 0.751. The molecule has 3 heteroatoms. The van der Waals surface area contributed by atoms with Crippen molar-refractivity contribution in [2.75, 3.05) is 0 Å². The summed E-state index contributed by atoms with van der Waals surface area (Å²) in [6, 6.07) is 0. The van der Waals surface area contributed by atoms with Gasteiger partial charge in [-0.1, -0.05) is 0 Å². The summed E-state index contributed by atoms with van der Waals surface area (Å²) in [6.07, 6.45) is 4.74. The van der Waals surface area contributed by atoms with Crippen LogP contribution in [0, 0.1) is 6.92 Å². The van der Waals surface area contributed by atoms with Crippen LogP contribution < -0.4 is 0 Å². The Morgan fingerprint density at radius 3 is 2.88 bits per heavy atom. The van der Waals surface area contributed by atoms with Crippen LogP contribution in [-0.4, -0.2) is 9.78 Å². The van der Waals surface area contributed by atoms with Crippen molar-refractivity contribution < 1.29 is 0 Å². The number of aromatic nitrogens is 2. The summed E-state index contributed by atoms with van der Waals surface area (Å²) in [7, 11) is 2.61. The van der Waals surface area contributed by atoms with Crippen LogP contribution in [0.2, 0.25) is 0 Å². The second kappa shape index (κ2) is 2.27. The largest absolute Gasteiger partial charge is 0.269 e. The molecular formula is C5H9N2P. The zero-order valence-electron chi connectivity index (χ0n) is 4.83. The second-order valence-electron chi connectivity index (χ2n) is 1.74. The summed E-state index contributed by atoms with van der Waals surface area (Å²) < 4.78 is 1.88. The van der Waals surface area contributed by atoms with Gasteiger partial charge in [0.15, 0.2) is 0 Å². The van der Waals surface area contributed by atoms with Gasteiger partial charge in [-0.25, -0.2) is 0 Å². The van der Waals surface area contributed by atoms with Crippen molar-refractivity contribution >= 4 is 9.24 Å². The minimum absolute atomic E-state index is 0.883. The molecule has 0 fully saturated rings. The Labute approximate surface area is 51.1 Å². The van der Waals surface area contributed by atoms with E-state index in [1.165, 1.54) is 5.56 Å². The first kappa shape index (κ1) is 5.77. The Morgan fingerprint density at radius 1 is 1.88 bits per heavy atom. The Hall–Kier alpha value is -0.360. The molecule has 1 heterocycles. The maximum absolute atomic E-state index is 4.03. The lowest BCUT2D eigenvalue weighted by atomic mass is 10.4. The van der Waals surface area contributed by atoms with E-state index in [2.05, 4.69) is 14.3 Å². The van der Waals surface area contributed by atoms with E-state index in [-0.39, 0.29) is 0 Å². The highest BCUT2D eigenvalue weighted by Gasteiger charge is 1.86. The Kier molecular flexibility index (Phi) is 1.64. The molecule has 1 aromatic heterocycles. The molecule has 1 rings (SSSR count). The van der Waals surface area contributed by atoms with Crippen molar-refractivity contribution in [1.82, 2.24) is 9.78 Å². The molecule has 2 nitrogen and oxygen atoms in total. The minimum Gasteiger partial charge on any atom is -0.269 e. The van der Waals surface area contributed by atoms with Gasteiger partial charge in [0.2, 0.25) is 0 Å². The molecule has 0 saturated heterocycles. The van der Waals surface area contributed by atoms with Crippen LogP contribution in [0.25, 0.3) is 0 Å². The molecule has 0 saturated carbocycles. The summed E-state index contributed by atoms with van der Waals surface area (Å²) in [4.78, 5) is 0. The van der Waals surface area contributed by atoms with Gasteiger partial charge in [-0.2, -0.15) is 5.10 Å². The Balaban J connectivity index is 2.84. The van der Waals surface area contributed by atoms with Crippen LogP contribution >= 0.6 is 9.24 Å².